The lowest BCUT2D eigenvalue weighted by Crippen LogP contribution is -2.48. The first-order chi connectivity index (χ1) is 11.8. The highest BCUT2D eigenvalue weighted by molar-refractivity contribution is 6.33. The van der Waals surface area contributed by atoms with Crippen molar-refractivity contribution in [2.75, 3.05) is 13.1 Å². The third kappa shape index (κ3) is 3.85. The first kappa shape index (κ1) is 17.9. The Morgan fingerprint density at radius 1 is 1.28 bits per heavy atom. The van der Waals surface area contributed by atoms with Crippen molar-refractivity contribution in [3.8, 4) is 0 Å². The maximum atomic E-state index is 13.0. The number of ether oxygens (including phenoxy) is 1. The fourth-order valence-electron chi connectivity index (χ4n) is 3.17. The van der Waals surface area contributed by atoms with Crippen LogP contribution in [0.15, 0.2) is 24.3 Å². The molecule has 2 unspecified atom stereocenters. The lowest BCUT2D eigenvalue weighted by Gasteiger charge is -2.35. The maximum Gasteiger partial charge on any atom is 0.259 e. The number of rotatable bonds is 3. The summed E-state index contributed by atoms with van der Waals surface area (Å²) in [6.45, 7) is 7.10. The standard InChI is InChI=1S/C18H21ClFN3O2/c1-11-8-22(9-12(2)25-11)18(24)16-13(3)21-23(17(16)19)10-14-4-6-15(20)7-5-14/h4-7,11-12H,8-10H2,1-3H3. The van der Waals surface area contributed by atoms with Gasteiger partial charge in [0.05, 0.1) is 30.0 Å². The highest BCUT2D eigenvalue weighted by Gasteiger charge is 2.30. The molecule has 3 rings (SSSR count). The minimum absolute atomic E-state index is 0.0129. The van der Waals surface area contributed by atoms with Crippen LogP contribution < -0.4 is 0 Å². The zero-order valence-electron chi connectivity index (χ0n) is 14.5. The molecule has 134 valence electrons. The van der Waals surface area contributed by atoms with Gasteiger partial charge in [-0.15, -0.1) is 0 Å². The molecule has 0 spiro atoms. The topological polar surface area (TPSA) is 47.4 Å². The second-order valence-electron chi connectivity index (χ2n) is 6.50. The lowest BCUT2D eigenvalue weighted by molar-refractivity contribution is -0.0586. The van der Waals surface area contributed by atoms with Gasteiger partial charge in [-0.1, -0.05) is 23.7 Å². The summed E-state index contributed by atoms with van der Waals surface area (Å²) in [5, 5.41) is 4.70. The Hall–Kier alpha value is -1.92. The van der Waals surface area contributed by atoms with Crippen molar-refractivity contribution >= 4 is 17.5 Å². The van der Waals surface area contributed by atoms with Crippen LogP contribution in [0.3, 0.4) is 0 Å². The van der Waals surface area contributed by atoms with Gasteiger partial charge >= 0.3 is 0 Å². The monoisotopic (exact) mass is 365 g/mol. The van der Waals surface area contributed by atoms with E-state index in [1.807, 2.05) is 13.8 Å². The first-order valence-electron chi connectivity index (χ1n) is 8.27. The van der Waals surface area contributed by atoms with E-state index in [9.17, 15) is 9.18 Å². The van der Waals surface area contributed by atoms with Gasteiger partial charge in [0.15, 0.2) is 0 Å². The van der Waals surface area contributed by atoms with Crippen molar-refractivity contribution in [1.82, 2.24) is 14.7 Å². The van der Waals surface area contributed by atoms with E-state index < -0.39 is 0 Å². The van der Waals surface area contributed by atoms with Crippen molar-refractivity contribution in [2.24, 2.45) is 0 Å². The molecule has 2 atom stereocenters. The number of morpholine rings is 1. The van der Waals surface area contributed by atoms with Crippen LogP contribution >= 0.6 is 11.6 Å². The summed E-state index contributed by atoms with van der Waals surface area (Å²) in [6, 6.07) is 6.13. The van der Waals surface area contributed by atoms with Crippen LogP contribution in [0.2, 0.25) is 5.15 Å². The summed E-state index contributed by atoms with van der Waals surface area (Å²) in [5.74, 6) is -0.423. The molecule has 2 heterocycles. The van der Waals surface area contributed by atoms with E-state index in [1.165, 1.54) is 12.1 Å². The van der Waals surface area contributed by atoms with Crippen molar-refractivity contribution in [3.05, 3.63) is 52.1 Å². The molecule has 1 fully saturated rings. The molecule has 25 heavy (non-hydrogen) atoms. The molecular weight excluding hydrogens is 345 g/mol. The van der Waals surface area contributed by atoms with Gasteiger partial charge in [0.2, 0.25) is 0 Å². The maximum absolute atomic E-state index is 13.0. The Morgan fingerprint density at radius 3 is 2.48 bits per heavy atom. The van der Waals surface area contributed by atoms with Gasteiger partial charge < -0.3 is 9.64 Å². The SMILES string of the molecule is Cc1nn(Cc2ccc(F)cc2)c(Cl)c1C(=O)N1CC(C)OC(C)C1. The average molecular weight is 366 g/mol. The molecule has 0 bridgehead atoms. The van der Waals surface area contributed by atoms with Crippen LogP contribution in [0, 0.1) is 12.7 Å². The predicted octanol–water partition coefficient (Wildman–Crippen LogP) is 3.28. The molecule has 1 saturated heterocycles. The molecule has 7 heteroatoms. The number of nitrogens with zero attached hydrogens (tertiary/aromatic N) is 3. The minimum atomic E-state index is -0.294. The van der Waals surface area contributed by atoms with E-state index in [1.54, 1.807) is 28.6 Å². The van der Waals surface area contributed by atoms with E-state index in [4.69, 9.17) is 16.3 Å². The van der Waals surface area contributed by atoms with Gasteiger partial charge in [0.25, 0.3) is 5.91 Å². The van der Waals surface area contributed by atoms with Crippen LogP contribution in [-0.2, 0) is 11.3 Å². The summed E-state index contributed by atoms with van der Waals surface area (Å²) < 4.78 is 20.3. The number of carbonyl (C=O) groups excluding carboxylic acids is 1. The highest BCUT2D eigenvalue weighted by atomic mass is 35.5. The van der Waals surface area contributed by atoms with Gasteiger partial charge in [0.1, 0.15) is 11.0 Å². The van der Waals surface area contributed by atoms with Gasteiger partial charge in [-0.05, 0) is 38.5 Å². The number of halogens is 2. The molecule has 1 aromatic heterocycles. The summed E-state index contributed by atoms with van der Waals surface area (Å²) in [4.78, 5) is 14.7. The van der Waals surface area contributed by atoms with Crippen LogP contribution in [0.25, 0.3) is 0 Å². The Morgan fingerprint density at radius 2 is 1.88 bits per heavy atom. The Balaban J connectivity index is 1.84. The third-order valence-electron chi connectivity index (χ3n) is 4.23. The largest absolute Gasteiger partial charge is 0.372 e. The summed E-state index contributed by atoms with van der Waals surface area (Å²) in [7, 11) is 0. The molecular formula is C18H21ClFN3O2. The van der Waals surface area contributed by atoms with E-state index in [0.29, 0.717) is 36.0 Å². The zero-order chi connectivity index (χ0) is 18.1. The number of benzene rings is 1. The first-order valence-corrected chi connectivity index (χ1v) is 8.65. The molecule has 0 N–H and O–H groups in total. The van der Waals surface area contributed by atoms with E-state index in [0.717, 1.165) is 5.56 Å². The Labute approximate surface area is 151 Å². The van der Waals surface area contributed by atoms with Crippen LogP contribution in [-0.4, -0.2) is 45.9 Å². The fourth-order valence-corrected chi connectivity index (χ4v) is 3.48. The van der Waals surface area contributed by atoms with Crippen molar-refractivity contribution < 1.29 is 13.9 Å². The molecule has 0 radical (unpaired) electrons. The highest BCUT2D eigenvalue weighted by Crippen LogP contribution is 2.24. The summed E-state index contributed by atoms with van der Waals surface area (Å²) in [5.41, 5.74) is 1.87. The molecule has 1 aliphatic heterocycles. The molecule has 1 aromatic carbocycles. The average Bonchev–Trinajstić information content (AvgIpc) is 2.82. The minimum Gasteiger partial charge on any atom is -0.372 e. The van der Waals surface area contributed by atoms with Crippen molar-refractivity contribution in [2.45, 2.75) is 39.5 Å². The lowest BCUT2D eigenvalue weighted by atomic mass is 10.1. The third-order valence-corrected chi connectivity index (χ3v) is 4.62. The number of aromatic nitrogens is 2. The molecule has 2 aromatic rings. The van der Waals surface area contributed by atoms with Crippen molar-refractivity contribution in [3.63, 3.8) is 0 Å². The number of carbonyl (C=O) groups is 1. The smallest absolute Gasteiger partial charge is 0.259 e. The van der Waals surface area contributed by atoms with Crippen molar-refractivity contribution in [1.29, 1.82) is 0 Å². The summed E-state index contributed by atoms with van der Waals surface area (Å²) in [6.07, 6.45) is -0.0258. The van der Waals surface area contributed by atoms with Gasteiger partial charge in [-0.3, -0.25) is 4.79 Å². The second kappa shape index (κ2) is 7.14. The van der Waals surface area contributed by atoms with Gasteiger partial charge in [0, 0.05) is 13.1 Å². The van der Waals surface area contributed by atoms with E-state index in [2.05, 4.69) is 5.10 Å². The fraction of sp³-hybridized carbons (Fsp3) is 0.444. The molecule has 1 amide bonds. The second-order valence-corrected chi connectivity index (χ2v) is 6.86. The normalized spacial score (nSPS) is 20.8. The predicted molar refractivity (Wildman–Crippen MR) is 93.4 cm³/mol. The Bertz CT molecular complexity index is 765. The van der Waals surface area contributed by atoms with E-state index >= 15 is 0 Å². The molecule has 1 aliphatic rings. The van der Waals surface area contributed by atoms with Crippen LogP contribution in [0.1, 0.15) is 35.5 Å². The number of hydrogen-bond acceptors (Lipinski definition) is 3. The number of amides is 1. The van der Waals surface area contributed by atoms with Gasteiger partial charge in [-0.25, -0.2) is 9.07 Å². The van der Waals surface area contributed by atoms with Gasteiger partial charge in [-0.2, -0.15) is 5.10 Å². The number of hydrogen-bond donors (Lipinski definition) is 0. The van der Waals surface area contributed by atoms with Crippen LogP contribution in [0.4, 0.5) is 4.39 Å². The molecule has 5 nitrogen and oxygen atoms in total. The number of aryl methyl sites for hydroxylation is 1. The molecule has 0 saturated carbocycles. The molecule has 0 aliphatic carbocycles. The summed E-state index contributed by atoms with van der Waals surface area (Å²) >= 11 is 6.45. The zero-order valence-corrected chi connectivity index (χ0v) is 15.3. The van der Waals surface area contributed by atoms with E-state index in [-0.39, 0.29) is 23.9 Å². The van der Waals surface area contributed by atoms with Crippen LogP contribution in [0.5, 0.6) is 0 Å². The Kier molecular flexibility index (Phi) is 5.11. The quantitative estimate of drug-likeness (QED) is 0.838.